The number of rotatable bonds is 3. The van der Waals surface area contributed by atoms with Crippen molar-refractivity contribution in [3.63, 3.8) is 0 Å². The van der Waals surface area contributed by atoms with Gasteiger partial charge < -0.3 is 5.11 Å². The molecule has 0 aromatic rings. The summed E-state index contributed by atoms with van der Waals surface area (Å²) in [6, 6.07) is 0. The Bertz CT molecular complexity index is 116. The van der Waals surface area contributed by atoms with Crippen molar-refractivity contribution in [3.05, 3.63) is 0 Å². The van der Waals surface area contributed by atoms with Crippen molar-refractivity contribution in [1.29, 1.82) is 0 Å². The van der Waals surface area contributed by atoms with Crippen molar-refractivity contribution >= 4 is 11.8 Å². The number of hydrogen-bond acceptors (Lipinski definition) is 2. The van der Waals surface area contributed by atoms with Crippen molar-refractivity contribution in [2.75, 3.05) is 11.5 Å². The van der Waals surface area contributed by atoms with E-state index in [2.05, 4.69) is 13.8 Å². The van der Waals surface area contributed by atoms with Gasteiger partial charge >= 0.3 is 0 Å². The number of aliphatic hydroxyl groups excluding tert-OH is 1. The molecule has 3 atom stereocenters. The van der Waals surface area contributed by atoms with E-state index < -0.39 is 0 Å². The largest absolute Gasteiger partial charge is 0.392 e. The minimum atomic E-state index is -0.0194. The van der Waals surface area contributed by atoms with E-state index in [0.29, 0.717) is 5.92 Å². The van der Waals surface area contributed by atoms with Gasteiger partial charge in [0, 0.05) is 5.75 Å². The summed E-state index contributed by atoms with van der Waals surface area (Å²) >= 11 is 1.89. The summed E-state index contributed by atoms with van der Waals surface area (Å²) in [7, 11) is 0. The molecule has 1 rings (SSSR count). The van der Waals surface area contributed by atoms with E-state index in [1.54, 1.807) is 0 Å². The quantitative estimate of drug-likeness (QED) is 0.707. The lowest BCUT2D eigenvalue weighted by Crippen LogP contribution is -2.19. The van der Waals surface area contributed by atoms with Crippen LogP contribution in [0.1, 0.15) is 26.7 Å². The molecule has 3 unspecified atom stereocenters. The molecular formula is C9H18OS. The Morgan fingerprint density at radius 1 is 1.55 bits per heavy atom. The zero-order valence-electron chi connectivity index (χ0n) is 7.42. The van der Waals surface area contributed by atoms with Gasteiger partial charge in [-0.25, -0.2) is 0 Å². The van der Waals surface area contributed by atoms with Crippen LogP contribution >= 0.6 is 11.8 Å². The summed E-state index contributed by atoms with van der Waals surface area (Å²) in [5, 5.41) is 9.51. The van der Waals surface area contributed by atoms with Crippen LogP contribution in [0.25, 0.3) is 0 Å². The van der Waals surface area contributed by atoms with E-state index >= 15 is 0 Å². The van der Waals surface area contributed by atoms with Crippen LogP contribution in [0, 0.1) is 11.8 Å². The number of thioether (sulfide) groups is 1. The Kier molecular flexibility index (Phi) is 3.73. The topological polar surface area (TPSA) is 20.2 Å². The molecule has 0 bridgehead atoms. The van der Waals surface area contributed by atoms with E-state index in [9.17, 15) is 5.11 Å². The standard InChI is InChI=1S/C9H18OS/c1-3-7(2)4-8-5-11-6-9(8)10/h7-10H,3-6H2,1-2H3. The number of aliphatic hydroxyl groups is 1. The average molecular weight is 174 g/mol. The summed E-state index contributed by atoms with van der Waals surface area (Å²) in [6.45, 7) is 4.49. The molecule has 0 radical (unpaired) electrons. The fourth-order valence-corrected chi connectivity index (χ4v) is 2.81. The van der Waals surface area contributed by atoms with Crippen LogP contribution in [0.15, 0.2) is 0 Å². The third-order valence-electron chi connectivity index (χ3n) is 2.57. The molecule has 0 saturated carbocycles. The van der Waals surface area contributed by atoms with Gasteiger partial charge in [-0.05, 0) is 24.0 Å². The molecule has 0 amide bonds. The monoisotopic (exact) mass is 174 g/mol. The van der Waals surface area contributed by atoms with Gasteiger partial charge in [-0.2, -0.15) is 11.8 Å². The molecule has 1 nitrogen and oxygen atoms in total. The molecule has 1 aliphatic rings. The van der Waals surface area contributed by atoms with Crippen molar-refractivity contribution in [2.24, 2.45) is 11.8 Å². The Balaban J connectivity index is 2.24. The van der Waals surface area contributed by atoms with E-state index in [1.807, 2.05) is 11.8 Å². The normalized spacial score (nSPS) is 34.1. The summed E-state index contributed by atoms with van der Waals surface area (Å²) in [5.41, 5.74) is 0. The van der Waals surface area contributed by atoms with Crippen LogP contribution < -0.4 is 0 Å². The van der Waals surface area contributed by atoms with E-state index in [1.165, 1.54) is 18.6 Å². The predicted octanol–water partition coefficient (Wildman–Crippen LogP) is 2.15. The minimum absolute atomic E-state index is 0.0194. The summed E-state index contributed by atoms with van der Waals surface area (Å²) in [4.78, 5) is 0. The lowest BCUT2D eigenvalue weighted by molar-refractivity contribution is 0.134. The second kappa shape index (κ2) is 4.36. The fraction of sp³-hybridized carbons (Fsp3) is 1.00. The van der Waals surface area contributed by atoms with Gasteiger partial charge in [0.05, 0.1) is 6.10 Å². The van der Waals surface area contributed by atoms with Crippen molar-refractivity contribution in [2.45, 2.75) is 32.8 Å². The summed E-state index contributed by atoms with van der Waals surface area (Å²) in [5.74, 6) is 3.50. The van der Waals surface area contributed by atoms with E-state index in [4.69, 9.17) is 0 Å². The molecule has 1 aliphatic heterocycles. The highest BCUT2D eigenvalue weighted by Gasteiger charge is 2.26. The highest BCUT2D eigenvalue weighted by molar-refractivity contribution is 7.99. The minimum Gasteiger partial charge on any atom is -0.392 e. The molecule has 0 aliphatic carbocycles. The Hall–Kier alpha value is 0.310. The number of hydrogen-bond donors (Lipinski definition) is 1. The first kappa shape index (κ1) is 9.40. The van der Waals surface area contributed by atoms with Gasteiger partial charge in [-0.15, -0.1) is 0 Å². The van der Waals surface area contributed by atoms with Gasteiger partial charge in [-0.3, -0.25) is 0 Å². The van der Waals surface area contributed by atoms with Crippen LogP contribution in [-0.2, 0) is 0 Å². The maximum Gasteiger partial charge on any atom is 0.0666 e. The molecule has 11 heavy (non-hydrogen) atoms. The maximum atomic E-state index is 9.51. The molecule has 0 aromatic heterocycles. The third kappa shape index (κ3) is 2.68. The van der Waals surface area contributed by atoms with Crippen LogP contribution in [-0.4, -0.2) is 22.7 Å². The predicted molar refractivity (Wildman–Crippen MR) is 50.9 cm³/mol. The first-order chi connectivity index (χ1) is 5.24. The van der Waals surface area contributed by atoms with Crippen LogP contribution in [0.4, 0.5) is 0 Å². The highest BCUT2D eigenvalue weighted by Crippen LogP contribution is 2.29. The fourth-order valence-electron chi connectivity index (χ4n) is 1.50. The molecule has 66 valence electrons. The zero-order valence-corrected chi connectivity index (χ0v) is 8.23. The van der Waals surface area contributed by atoms with Gasteiger partial charge in [0.1, 0.15) is 0 Å². The lowest BCUT2D eigenvalue weighted by atomic mass is 9.92. The molecular weight excluding hydrogens is 156 g/mol. The van der Waals surface area contributed by atoms with Gasteiger partial charge in [-0.1, -0.05) is 20.3 Å². The van der Waals surface area contributed by atoms with Crippen molar-refractivity contribution in [1.82, 2.24) is 0 Å². The zero-order chi connectivity index (χ0) is 8.27. The second-order valence-electron chi connectivity index (χ2n) is 3.61. The molecule has 1 N–H and O–H groups in total. The van der Waals surface area contributed by atoms with Crippen LogP contribution in [0.5, 0.6) is 0 Å². The van der Waals surface area contributed by atoms with Crippen molar-refractivity contribution < 1.29 is 5.11 Å². The summed E-state index contributed by atoms with van der Waals surface area (Å²) in [6.07, 6.45) is 2.44. The second-order valence-corrected chi connectivity index (χ2v) is 4.69. The van der Waals surface area contributed by atoms with E-state index in [0.717, 1.165) is 11.7 Å². The smallest absolute Gasteiger partial charge is 0.0666 e. The first-order valence-electron chi connectivity index (χ1n) is 4.49. The first-order valence-corrected chi connectivity index (χ1v) is 5.65. The van der Waals surface area contributed by atoms with Gasteiger partial charge in [0.15, 0.2) is 0 Å². The summed E-state index contributed by atoms with van der Waals surface area (Å²) < 4.78 is 0. The average Bonchev–Trinajstić information content (AvgIpc) is 2.37. The molecule has 0 spiro atoms. The third-order valence-corrected chi connectivity index (χ3v) is 3.81. The SMILES string of the molecule is CCC(C)CC1CSCC1O. The van der Waals surface area contributed by atoms with Crippen molar-refractivity contribution in [3.8, 4) is 0 Å². The van der Waals surface area contributed by atoms with Gasteiger partial charge in [0.25, 0.3) is 0 Å². The molecule has 0 aromatic carbocycles. The van der Waals surface area contributed by atoms with Crippen LogP contribution in [0.2, 0.25) is 0 Å². The lowest BCUT2D eigenvalue weighted by Gasteiger charge is -2.16. The molecule has 1 heterocycles. The highest BCUT2D eigenvalue weighted by atomic mass is 32.2. The van der Waals surface area contributed by atoms with Gasteiger partial charge in [0.2, 0.25) is 0 Å². The maximum absolute atomic E-state index is 9.51. The Labute approximate surface area is 73.6 Å². The Morgan fingerprint density at radius 3 is 2.73 bits per heavy atom. The molecule has 1 saturated heterocycles. The van der Waals surface area contributed by atoms with E-state index in [-0.39, 0.29) is 6.10 Å². The Morgan fingerprint density at radius 2 is 2.27 bits per heavy atom. The van der Waals surface area contributed by atoms with Crippen LogP contribution in [0.3, 0.4) is 0 Å². The molecule has 2 heteroatoms. The molecule has 1 fully saturated rings.